The van der Waals surface area contributed by atoms with Crippen LogP contribution in [0.4, 0.5) is 8.78 Å². The van der Waals surface area contributed by atoms with Crippen molar-refractivity contribution < 1.29 is 13.6 Å². The second-order valence-corrected chi connectivity index (χ2v) is 2.41. The largest absolute Gasteiger partial charge is 0.285 e. The van der Waals surface area contributed by atoms with Crippen LogP contribution in [-0.4, -0.2) is 6.29 Å². The first-order valence-electron chi connectivity index (χ1n) is 3.43. The highest BCUT2D eigenvalue weighted by atomic mass is 19.1. The van der Waals surface area contributed by atoms with Crippen LogP contribution in [0.5, 0.6) is 0 Å². The maximum Gasteiger partial charge on any atom is 0.233 e. The zero-order valence-electron chi connectivity index (χ0n) is 6.31. The van der Waals surface area contributed by atoms with Gasteiger partial charge in [-0.15, -0.1) is 0 Å². The van der Waals surface area contributed by atoms with Crippen LogP contribution in [0.25, 0.3) is 0 Å². The third-order valence-electron chi connectivity index (χ3n) is 1.48. The number of halogens is 2. The average Bonchev–Trinajstić information content (AvgIpc) is 2.16. The fourth-order valence-electron chi connectivity index (χ4n) is 0.976. The van der Waals surface area contributed by atoms with Gasteiger partial charge >= 0.3 is 0 Å². The highest BCUT2D eigenvalue weighted by molar-refractivity contribution is 5.76. The van der Waals surface area contributed by atoms with Crippen LogP contribution in [-0.2, 0) is 18.1 Å². The van der Waals surface area contributed by atoms with E-state index in [2.05, 4.69) is 0 Å². The van der Waals surface area contributed by atoms with E-state index >= 15 is 0 Å². The van der Waals surface area contributed by atoms with Crippen LogP contribution < -0.4 is 0 Å². The van der Waals surface area contributed by atoms with Crippen molar-refractivity contribution in [3.63, 3.8) is 0 Å². The van der Waals surface area contributed by atoms with E-state index in [-0.39, 0.29) is 5.56 Å². The molecule has 1 radical (unpaired) electrons. The number of rotatable bonds is 3. The predicted molar refractivity (Wildman–Crippen MR) is 40.9 cm³/mol. The van der Waals surface area contributed by atoms with Crippen molar-refractivity contribution in [2.75, 3.05) is 0 Å². The van der Waals surface area contributed by atoms with Gasteiger partial charge < -0.3 is 0 Å². The molecule has 0 amide bonds. The summed E-state index contributed by atoms with van der Waals surface area (Å²) in [6.45, 7) is -1.38. The van der Waals surface area contributed by atoms with Gasteiger partial charge in [-0.25, -0.2) is 8.78 Å². The Morgan fingerprint density at radius 2 is 1.58 bits per heavy atom. The summed E-state index contributed by atoms with van der Waals surface area (Å²) in [6, 6.07) is 4.10. The van der Waals surface area contributed by atoms with Crippen molar-refractivity contribution in [2.45, 2.75) is 13.3 Å². The monoisotopic (exact) mass is 169 g/mol. The quantitative estimate of drug-likeness (QED) is 0.677. The maximum absolute atomic E-state index is 12.1. The molecule has 0 fully saturated rings. The summed E-state index contributed by atoms with van der Waals surface area (Å²) in [5.74, 6) is 0. The molecule has 3 heteroatoms. The third kappa shape index (κ3) is 1.87. The van der Waals surface area contributed by atoms with E-state index in [9.17, 15) is 13.6 Å². The van der Waals surface area contributed by atoms with E-state index in [1.165, 1.54) is 18.2 Å². The van der Waals surface area contributed by atoms with Crippen molar-refractivity contribution in [1.82, 2.24) is 0 Å². The van der Waals surface area contributed by atoms with Gasteiger partial charge in [0.2, 0.25) is 6.29 Å². The fraction of sp³-hybridized carbons (Fsp3) is 0.222. The van der Waals surface area contributed by atoms with Gasteiger partial charge in [-0.2, -0.15) is 0 Å². The number of carbonyl (C=O) groups excluding carboxylic acids is 1. The SMILES string of the molecule is O=[C]c1cc(CF)cc(CF)c1. The Labute approximate surface area is 69.0 Å². The van der Waals surface area contributed by atoms with Gasteiger partial charge in [0, 0.05) is 5.56 Å². The average molecular weight is 169 g/mol. The van der Waals surface area contributed by atoms with Crippen LogP contribution in [0.2, 0.25) is 0 Å². The lowest BCUT2D eigenvalue weighted by Gasteiger charge is -1.99. The lowest BCUT2D eigenvalue weighted by Crippen LogP contribution is -1.89. The molecule has 0 heterocycles. The minimum absolute atomic E-state index is 0.192. The van der Waals surface area contributed by atoms with Gasteiger partial charge in [-0.05, 0) is 23.3 Å². The smallest absolute Gasteiger partial charge is 0.233 e. The summed E-state index contributed by atoms with van der Waals surface area (Å²) >= 11 is 0. The normalized spacial score (nSPS) is 9.83. The Kier molecular flexibility index (Phi) is 2.91. The molecule has 0 saturated heterocycles. The standard InChI is InChI=1S/C9H7F2O/c10-4-7-1-8(5-11)3-9(2-7)6-12/h1-3H,4-5H2. The lowest BCUT2D eigenvalue weighted by atomic mass is 10.1. The molecule has 0 aliphatic carbocycles. The minimum atomic E-state index is -0.692. The van der Waals surface area contributed by atoms with Crippen LogP contribution in [0, 0.1) is 0 Å². The lowest BCUT2D eigenvalue weighted by molar-refractivity contribution is 0.474. The minimum Gasteiger partial charge on any atom is -0.285 e. The zero-order valence-corrected chi connectivity index (χ0v) is 6.31. The Balaban J connectivity index is 3.09. The molecule has 0 spiro atoms. The topological polar surface area (TPSA) is 17.1 Å². The summed E-state index contributed by atoms with van der Waals surface area (Å²) in [5.41, 5.74) is 0.810. The fourth-order valence-corrected chi connectivity index (χ4v) is 0.976. The Bertz CT molecular complexity index is 262. The van der Waals surface area contributed by atoms with Gasteiger partial charge in [0.05, 0.1) is 0 Å². The third-order valence-corrected chi connectivity index (χ3v) is 1.48. The molecule has 0 aliphatic rings. The summed E-state index contributed by atoms with van der Waals surface area (Å²) in [4.78, 5) is 10.2. The number of hydrogen-bond donors (Lipinski definition) is 0. The van der Waals surface area contributed by atoms with Gasteiger partial charge in [0.15, 0.2) is 0 Å². The molecular weight excluding hydrogens is 162 g/mol. The number of hydrogen-bond acceptors (Lipinski definition) is 1. The first kappa shape index (κ1) is 8.84. The first-order chi connectivity index (χ1) is 5.80. The highest BCUT2D eigenvalue weighted by Crippen LogP contribution is 2.11. The summed E-state index contributed by atoms with van der Waals surface area (Å²) in [6.07, 6.45) is 1.59. The van der Waals surface area contributed by atoms with Crippen molar-refractivity contribution in [1.29, 1.82) is 0 Å². The zero-order chi connectivity index (χ0) is 8.97. The predicted octanol–water partition coefficient (Wildman–Crippen LogP) is 2.08. The molecule has 63 valence electrons. The van der Waals surface area contributed by atoms with Gasteiger partial charge in [-0.3, -0.25) is 4.79 Å². The second kappa shape index (κ2) is 3.95. The molecule has 12 heavy (non-hydrogen) atoms. The molecule has 1 aromatic carbocycles. The van der Waals surface area contributed by atoms with E-state index in [0.29, 0.717) is 11.1 Å². The van der Waals surface area contributed by atoms with Crippen LogP contribution in [0.1, 0.15) is 16.7 Å². The molecule has 0 unspecified atom stereocenters. The summed E-state index contributed by atoms with van der Waals surface area (Å²) in [7, 11) is 0. The first-order valence-corrected chi connectivity index (χ1v) is 3.43. The van der Waals surface area contributed by atoms with Gasteiger partial charge in [0.25, 0.3) is 0 Å². The van der Waals surface area contributed by atoms with Gasteiger partial charge in [-0.1, -0.05) is 6.07 Å². The molecule has 0 aliphatic heterocycles. The van der Waals surface area contributed by atoms with E-state index in [1.54, 1.807) is 6.29 Å². The summed E-state index contributed by atoms with van der Waals surface area (Å²) < 4.78 is 24.2. The Hall–Kier alpha value is -1.25. The summed E-state index contributed by atoms with van der Waals surface area (Å²) in [5, 5.41) is 0. The van der Waals surface area contributed by atoms with Gasteiger partial charge in [0.1, 0.15) is 13.3 Å². The van der Waals surface area contributed by atoms with E-state index < -0.39 is 13.3 Å². The molecule has 1 aromatic rings. The van der Waals surface area contributed by atoms with Crippen molar-refractivity contribution in [3.8, 4) is 0 Å². The van der Waals surface area contributed by atoms with Crippen molar-refractivity contribution in [3.05, 3.63) is 34.9 Å². The Morgan fingerprint density at radius 3 is 1.92 bits per heavy atom. The van der Waals surface area contributed by atoms with E-state index in [4.69, 9.17) is 0 Å². The van der Waals surface area contributed by atoms with Crippen LogP contribution in [0.15, 0.2) is 18.2 Å². The van der Waals surface area contributed by atoms with Crippen LogP contribution >= 0.6 is 0 Å². The van der Waals surface area contributed by atoms with Crippen molar-refractivity contribution >= 4 is 6.29 Å². The molecule has 0 aromatic heterocycles. The Morgan fingerprint density at radius 1 is 1.08 bits per heavy atom. The highest BCUT2D eigenvalue weighted by Gasteiger charge is 2.00. The number of benzene rings is 1. The molecule has 0 bridgehead atoms. The van der Waals surface area contributed by atoms with E-state index in [0.717, 1.165) is 0 Å². The molecule has 0 N–H and O–H groups in total. The molecule has 1 nitrogen and oxygen atoms in total. The van der Waals surface area contributed by atoms with E-state index in [1.807, 2.05) is 0 Å². The van der Waals surface area contributed by atoms with Crippen LogP contribution in [0.3, 0.4) is 0 Å². The number of alkyl halides is 2. The maximum atomic E-state index is 12.1. The molecular formula is C9H7F2O. The molecule has 0 atom stereocenters. The molecule has 0 saturated carbocycles. The second-order valence-electron chi connectivity index (χ2n) is 2.41. The molecule has 1 rings (SSSR count). The van der Waals surface area contributed by atoms with Crippen molar-refractivity contribution in [2.24, 2.45) is 0 Å².